The van der Waals surface area contributed by atoms with Crippen LogP contribution < -0.4 is 4.90 Å². The van der Waals surface area contributed by atoms with Gasteiger partial charge in [-0.2, -0.15) is 0 Å². The van der Waals surface area contributed by atoms with Crippen LogP contribution in [-0.2, 0) is 19.7 Å². The molecule has 1 spiro atoms. The smallest absolute Gasteiger partial charge is 0.242 e. The number of methoxy groups -OCH3 is 1. The van der Waals surface area contributed by atoms with E-state index in [0.717, 1.165) is 5.56 Å². The number of hydrogen-bond donors (Lipinski definition) is 0. The van der Waals surface area contributed by atoms with Crippen molar-refractivity contribution in [1.82, 2.24) is 4.98 Å². The minimum atomic E-state index is -1.35. The van der Waals surface area contributed by atoms with Crippen LogP contribution in [0.5, 0.6) is 0 Å². The number of benzene rings is 2. The first-order valence-electron chi connectivity index (χ1n) is 11.8. The molecular weight excluding hydrogens is 476 g/mol. The Morgan fingerprint density at radius 3 is 2.64 bits per heavy atom. The summed E-state index contributed by atoms with van der Waals surface area (Å²) in [7, 11) is 1.51. The maximum Gasteiger partial charge on any atom is 0.242 e. The van der Waals surface area contributed by atoms with Gasteiger partial charge in [0.1, 0.15) is 12.5 Å². The Labute approximate surface area is 213 Å². The molecule has 180 valence electrons. The summed E-state index contributed by atoms with van der Waals surface area (Å²) < 4.78 is 5.39. The van der Waals surface area contributed by atoms with Crippen LogP contribution in [0.3, 0.4) is 0 Å². The molecule has 7 heteroatoms. The summed E-state index contributed by atoms with van der Waals surface area (Å²) in [6.07, 6.45) is 4.99. The first-order valence-corrected chi connectivity index (χ1v) is 12.2. The molecule has 0 bridgehead atoms. The van der Waals surface area contributed by atoms with Crippen LogP contribution in [0.1, 0.15) is 27.4 Å². The van der Waals surface area contributed by atoms with Gasteiger partial charge >= 0.3 is 0 Å². The topological polar surface area (TPSA) is 76.6 Å². The number of allylic oxidation sites excluding steroid dienone is 2. The molecule has 2 heterocycles. The fraction of sp³-hybridized carbons (Fsp3) is 0.241. The van der Waals surface area contributed by atoms with Gasteiger partial charge in [0.25, 0.3) is 0 Å². The molecule has 36 heavy (non-hydrogen) atoms. The average Bonchev–Trinajstić information content (AvgIpc) is 3.49. The minimum absolute atomic E-state index is 0.0156. The molecule has 2 aliphatic carbocycles. The Morgan fingerprint density at radius 1 is 1.08 bits per heavy atom. The van der Waals surface area contributed by atoms with E-state index in [1.54, 1.807) is 54.7 Å². The zero-order valence-electron chi connectivity index (χ0n) is 19.5. The second-order valence-electron chi connectivity index (χ2n) is 9.50. The highest BCUT2D eigenvalue weighted by atomic mass is 35.5. The first kappa shape index (κ1) is 22.8. The molecule has 0 radical (unpaired) electrons. The fourth-order valence-electron chi connectivity index (χ4n) is 6.67. The van der Waals surface area contributed by atoms with Gasteiger partial charge in [-0.25, -0.2) is 4.98 Å². The third-order valence-corrected chi connectivity index (χ3v) is 8.08. The van der Waals surface area contributed by atoms with Crippen molar-refractivity contribution >= 4 is 34.9 Å². The number of ether oxygens (including phenoxy) is 1. The third-order valence-electron chi connectivity index (χ3n) is 7.84. The Hall–Kier alpha value is -3.61. The van der Waals surface area contributed by atoms with Crippen molar-refractivity contribution in [2.45, 2.75) is 11.3 Å². The van der Waals surface area contributed by atoms with E-state index >= 15 is 0 Å². The predicted octanol–water partition coefficient (Wildman–Crippen LogP) is 4.59. The standard InChI is InChI=1S/C29H23ClN2O4/c1-36-16-32-27-21(11-6-14-31-27)29(28(32)35)24(18-9-5-10-19(30)15-18)23-20(12-13-22(23)33)25(29)26(34)17-7-3-2-4-8-17/h2-15,20,23-25H,16H2,1H3/t20-,23-,24-,25-,29+/m1/s1. The molecule has 6 rings (SSSR count). The monoisotopic (exact) mass is 498 g/mol. The molecule has 1 fully saturated rings. The Kier molecular flexibility index (Phi) is 5.39. The van der Waals surface area contributed by atoms with Gasteiger partial charge in [-0.05, 0) is 35.8 Å². The average molecular weight is 499 g/mol. The van der Waals surface area contributed by atoms with Crippen molar-refractivity contribution in [3.05, 3.63) is 107 Å². The Balaban J connectivity index is 1.68. The lowest BCUT2D eigenvalue weighted by Crippen LogP contribution is -2.50. The highest BCUT2D eigenvalue weighted by molar-refractivity contribution is 6.30. The van der Waals surface area contributed by atoms with Crippen LogP contribution in [0.4, 0.5) is 5.82 Å². The van der Waals surface area contributed by atoms with E-state index < -0.39 is 29.1 Å². The summed E-state index contributed by atoms with van der Waals surface area (Å²) in [5.41, 5.74) is 0.543. The van der Waals surface area contributed by atoms with E-state index in [0.29, 0.717) is 22.0 Å². The Morgan fingerprint density at radius 2 is 1.89 bits per heavy atom. The summed E-state index contributed by atoms with van der Waals surface area (Å²) in [6.45, 7) is -0.0156. The SMILES string of the molecule is COCN1C(=O)[C@@]2(c3cccnc31)[C@H](c1cccc(Cl)c1)[C@H]1C(=O)C=C[C@H]1[C@@H]2C(=O)c1ccccc1. The number of carbonyl (C=O) groups is 3. The minimum Gasteiger partial charge on any atom is -0.364 e. The highest BCUT2D eigenvalue weighted by Gasteiger charge is 2.72. The maximum atomic E-state index is 14.6. The van der Waals surface area contributed by atoms with E-state index in [-0.39, 0.29) is 24.2 Å². The summed E-state index contributed by atoms with van der Waals surface area (Å²) in [5, 5.41) is 0.501. The molecular formula is C29H23ClN2O4. The van der Waals surface area contributed by atoms with E-state index in [1.165, 1.54) is 12.0 Å². The summed E-state index contributed by atoms with van der Waals surface area (Å²) in [5.74, 6) is -2.54. The maximum absolute atomic E-state index is 14.6. The fourth-order valence-corrected chi connectivity index (χ4v) is 6.86. The van der Waals surface area contributed by atoms with E-state index in [1.807, 2.05) is 30.3 Å². The lowest BCUT2D eigenvalue weighted by molar-refractivity contribution is -0.126. The molecule has 1 aromatic heterocycles. The predicted molar refractivity (Wildman–Crippen MR) is 135 cm³/mol. The van der Waals surface area contributed by atoms with Gasteiger partial charge in [0.15, 0.2) is 11.6 Å². The number of anilines is 1. The molecule has 5 atom stereocenters. The van der Waals surface area contributed by atoms with Crippen molar-refractivity contribution in [3.8, 4) is 0 Å². The largest absolute Gasteiger partial charge is 0.364 e. The zero-order valence-corrected chi connectivity index (χ0v) is 20.3. The zero-order chi connectivity index (χ0) is 25.0. The van der Waals surface area contributed by atoms with Gasteiger partial charge in [-0.15, -0.1) is 0 Å². The second-order valence-corrected chi connectivity index (χ2v) is 9.94. The van der Waals surface area contributed by atoms with Crippen molar-refractivity contribution in [2.75, 3.05) is 18.7 Å². The first-order chi connectivity index (χ1) is 17.5. The number of pyridine rings is 1. The highest BCUT2D eigenvalue weighted by Crippen LogP contribution is 2.66. The normalized spacial score (nSPS) is 28.1. The number of rotatable bonds is 5. The number of fused-ring (bicyclic) bond motifs is 3. The van der Waals surface area contributed by atoms with E-state index in [2.05, 4.69) is 4.98 Å². The van der Waals surface area contributed by atoms with Gasteiger partial charge < -0.3 is 4.74 Å². The molecule has 2 aromatic carbocycles. The van der Waals surface area contributed by atoms with Gasteiger partial charge in [-0.1, -0.05) is 66.2 Å². The van der Waals surface area contributed by atoms with Crippen molar-refractivity contribution in [3.63, 3.8) is 0 Å². The lowest BCUT2D eigenvalue weighted by Gasteiger charge is -2.37. The number of halogens is 1. The van der Waals surface area contributed by atoms with Crippen LogP contribution in [0.15, 0.2) is 85.1 Å². The van der Waals surface area contributed by atoms with Crippen LogP contribution >= 0.6 is 11.6 Å². The quantitative estimate of drug-likeness (QED) is 0.481. The molecule has 1 saturated carbocycles. The second kappa shape index (κ2) is 8.50. The third kappa shape index (κ3) is 3.01. The number of Topliss-reactive ketones (excluding diaryl/α,β-unsaturated/α-hetero) is 1. The number of hydrogen-bond acceptors (Lipinski definition) is 5. The van der Waals surface area contributed by atoms with Crippen molar-refractivity contribution in [1.29, 1.82) is 0 Å². The van der Waals surface area contributed by atoms with Crippen LogP contribution in [0, 0.1) is 17.8 Å². The molecule has 1 amide bonds. The molecule has 0 unspecified atom stereocenters. The number of nitrogens with zero attached hydrogens (tertiary/aromatic N) is 2. The molecule has 0 saturated heterocycles. The van der Waals surface area contributed by atoms with Gasteiger partial charge in [-0.3, -0.25) is 19.3 Å². The number of amides is 1. The molecule has 1 aliphatic heterocycles. The lowest BCUT2D eigenvalue weighted by atomic mass is 9.62. The van der Waals surface area contributed by atoms with E-state index in [4.69, 9.17) is 16.3 Å². The summed E-state index contributed by atoms with van der Waals surface area (Å²) in [6, 6.07) is 19.9. The molecule has 3 aromatic rings. The molecule has 0 N–H and O–H groups in total. The van der Waals surface area contributed by atoms with Gasteiger partial charge in [0.05, 0.1) is 5.41 Å². The molecule has 6 nitrogen and oxygen atoms in total. The summed E-state index contributed by atoms with van der Waals surface area (Å²) in [4.78, 5) is 48.4. The van der Waals surface area contributed by atoms with Crippen LogP contribution in [0.25, 0.3) is 0 Å². The van der Waals surface area contributed by atoms with Crippen LogP contribution in [0.2, 0.25) is 5.02 Å². The van der Waals surface area contributed by atoms with E-state index in [9.17, 15) is 14.4 Å². The van der Waals surface area contributed by atoms with Crippen molar-refractivity contribution in [2.24, 2.45) is 17.8 Å². The number of carbonyl (C=O) groups excluding carboxylic acids is 3. The van der Waals surface area contributed by atoms with Gasteiger partial charge in [0.2, 0.25) is 5.91 Å². The van der Waals surface area contributed by atoms with Crippen LogP contribution in [-0.4, -0.2) is 36.3 Å². The Bertz CT molecular complexity index is 1420. The van der Waals surface area contributed by atoms with Crippen molar-refractivity contribution < 1.29 is 19.1 Å². The molecule has 3 aliphatic rings. The van der Waals surface area contributed by atoms with Gasteiger partial charge in [0, 0.05) is 47.2 Å². The number of ketones is 2. The number of aromatic nitrogens is 1. The summed E-state index contributed by atoms with van der Waals surface area (Å²) >= 11 is 6.41.